The van der Waals surface area contributed by atoms with Crippen LogP contribution in [0, 0.1) is 5.92 Å². The molecule has 1 aromatic heterocycles. The van der Waals surface area contributed by atoms with Gasteiger partial charge in [0.05, 0.1) is 32.5 Å². The van der Waals surface area contributed by atoms with Gasteiger partial charge in [-0.3, -0.25) is 28.2 Å². The summed E-state index contributed by atoms with van der Waals surface area (Å²) in [7, 11) is -11.6. The number of aliphatic hydroxyl groups is 10. The number of carbonyl (C=O) groups is 1. The minimum absolute atomic E-state index is 0. The summed E-state index contributed by atoms with van der Waals surface area (Å²) in [6.07, 6.45) is -29.3. The van der Waals surface area contributed by atoms with Crippen LogP contribution >= 0.6 is 15.6 Å². The average Bonchev–Trinajstić information content (AvgIpc) is 3.47. The van der Waals surface area contributed by atoms with Crippen molar-refractivity contribution in [1.29, 1.82) is 0 Å². The quantitative estimate of drug-likeness (QED) is 0.0684. The van der Waals surface area contributed by atoms with Crippen LogP contribution in [0.2, 0.25) is 0 Å². The fraction of sp³-hybridized carbons (Fsp3) is 0.833. The summed E-state index contributed by atoms with van der Waals surface area (Å²) in [4.78, 5) is 58.3. The molecule has 1 amide bonds. The maximum Gasteiger partial charge on any atom is 0.483 e. The van der Waals surface area contributed by atoms with Crippen molar-refractivity contribution in [2.45, 2.75) is 124 Å². The molecule has 0 bridgehead atoms. The number of H-pyrrole nitrogens is 1. The molecule has 0 radical (unpaired) electrons. The second kappa shape index (κ2) is 21.4. The minimum Gasteiger partial charge on any atom is -0.412 e. The smallest absolute Gasteiger partial charge is 0.412 e. The van der Waals surface area contributed by atoms with Gasteiger partial charge in [-0.15, -0.1) is 0 Å². The first kappa shape index (κ1) is 52.4. The molecule has 30 nitrogen and oxygen atoms in total. The highest BCUT2D eigenvalue weighted by molar-refractivity contribution is 7.61. The third kappa shape index (κ3) is 11.8. The summed E-state index contributed by atoms with van der Waals surface area (Å²) in [6, 6.07) is -1.06. The summed E-state index contributed by atoms with van der Waals surface area (Å²) in [5, 5.41) is 107. The van der Waals surface area contributed by atoms with Gasteiger partial charge in [-0.2, -0.15) is 4.31 Å². The fourth-order valence-electron chi connectivity index (χ4n) is 6.94. The number of aliphatic hydroxyl groups excluding tert-OH is 10. The van der Waals surface area contributed by atoms with E-state index in [4.69, 9.17) is 32.9 Å². The average molecular weight is 948 g/mol. The summed E-state index contributed by atoms with van der Waals surface area (Å²) in [5.41, 5.74) is -1.84. The van der Waals surface area contributed by atoms with E-state index in [9.17, 15) is 84.4 Å². The molecule has 0 aromatic carbocycles. The van der Waals surface area contributed by atoms with Crippen molar-refractivity contribution in [1.82, 2.24) is 14.9 Å². The Labute approximate surface area is 348 Å². The first-order valence-electron chi connectivity index (χ1n) is 18.3. The number of ether oxygens (including phenoxy) is 6. The van der Waals surface area contributed by atoms with Crippen LogP contribution in [0.25, 0.3) is 0 Å². The molecule has 1 aromatic rings. The van der Waals surface area contributed by atoms with Crippen molar-refractivity contribution < 1.29 is 122 Å². The van der Waals surface area contributed by atoms with E-state index in [2.05, 4.69) is 14.2 Å². The number of nitrogens with one attached hydrogen (secondary N) is 2. The number of aromatic nitrogens is 2. The Balaban J connectivity index is 0.00000845. The van der Waals surface area contributed by atoms with Crippen molar-refractivity contribution in [2.75, 3.05) is 26.4 Å². The molecule has 4 saturated heterocycles. The summed E-state index contributed by atoms with van der Waals surface area (Å²) in [6.45, 7) is -1.51. The van der Waals surface area contributed by atoms with Gasteiger partial charge in [0.1, 0.15) is 79.3 Å². The van der Waals surface area contributed by atoms with E-state index in [-0.39, 0.29) is 5.48 Å². The molecule has 62 heavy (non-hydrogen) atoms. The second-order valence-corrected chi connectivity index (χ2v) is 17.4. The molecule has 21 atom stereocenters. The monoisotopic (exact) mass is 947 g/mol. The highest BCUT2D eigenvalue weighted by Crippen LogP contribution is 2.61. The zero-order valence-corrected chi connectivity index (χ0v) is 34.2. The van der Waals surface area contributed by atoms with E-state index >= 15 is 0 Å². The number of hydrogen-bond donors (Lipinski definition) is 14. The molecular weight excluding hydrogens is 896 g/mol. The van der Waals surface area contributed by atoms with Gasteiger partial charge in [0.15, 0.2) is 25.1 Å². The standard InChI is InChI=1S/C30H49N3O26P2.H2O/c1-9-17(39)11(5-34)53-28(18(9)40)57-25-13(7-36)55-29(23(45)21(25)43)56-24-12(6-35)54-27(16(20(24)42)31-10(2)37)58-61(49,50)59-60(47,48)51-8-14-19(41)22(44)26(52-14)33-4-3-15(38)32-30(33)46;/h3-4,9,11-14,16-29,34-36,39-45H,5-8H2,1-2H3,(H,31,37)(H,47,48)(H,49,50)(H,32,38,46);1H2/t9?,11?,12?,13?,14-,16?,17?,18?,19-,20?,21?,22-,23?,24?,25?,26-,27?,28?,29+;/m1./s1. The normalized spacial score (nSPS) is 42.0. The van der Waals surface area contributed by atoms with Gasteiger partial charge in [0.25, 0.3) is 5.56 Å². The van der Waals surface area contributed by atoms with Gasteiger partial charge in [0.2, 0.25) is 5.91 Å². The number of aromatic amines is 1. The largest absolute Gasteiger partial charge is 0.483 e. The van der Waals surface area contributed by atoms with E-state index in [0.717, 1.165) is 19.2 Å². The Morgan fingerprint density at radius 1 is 0.742 bits per heavy atom. The molecule has 5 rings (SSSR count). The van der Waals surface area contributed by atoms with Crippen LogP contribution < -0.4 is 16.6 Å². The van der Waals surface area contributed by atoms with E-state index in [1.54, 1.807) is 0 Å². The van der Waals surface area contributed by atoms with Crippen LogP contribution in [0.5, 0.6) is 0 Å². The molecule has 0 spiro atoms. The van der Waals surface area contributed by atoms with Crippen molar-refractivity contribution in [3.05, 3.63) is 33.1 Å². The van der Waals surface area contributed by atoms with Gasteiger partial charge < -0.3 is 100 Å². The number of nitrogens with zero attached hydrogens (tertiary/aromatic N) is 1. The van der Waals surface area contributed by atoms with E-state index in [1.807, 2.05) is 4.98 Å². The van der Waals surface area contributed by atoms with Crippen molar-refractivity contribution >= 4 is 21.6 Å². The Morgan fingerprint density at radius 3 is 1.85 bits per heavy atom. The van der Waals surface area contributed by atoms with E-state index in [0.29, 0.717) is 4.57 Å². The fourth-order valence-corrected chi connectivity index (χ4v) is 9.10. The number of hydrogen-bond acceptors (Lipinski definition) is 24. The van der Waals surface area contributed by atoms with Crippen LogP contribution in [-0.4, -0.2) is 212 Å². The Morgan fingerprint density at radius 2 is 1.29 bits per heavy atom. The lowest BCUT2D eigenvalue weighted by Gasteiger charge is -2.48. The molecule has 4 aliphatic heterocycles. The summed E-state index contributed by atoms with van der Waals surface area (Å²) < 4.78 is 73.4. The number of carbonyl (C=O) groups excluding carboxylic acids is 1. The molecule has 0 saturated carbocycles. The molecule has 16 unspecified atom stereocenters. The molecule has 0 aliphatic carbocycles. The zero-order valence-electron chi connectivity index (χ0n) is 32.4. The van der Waals surface area contributed by atoms with Crippen LogP contribution in [-0.2, 0) is 55.7 Å². The third-order valence-electron chi connectivity index (χ3n) is 10.2. The van der Waals surface area contributed by atoms with Crippen molar-refractivity contribution in [3.63, 3.8) is 0 Å². The minimum atomic E-state index is -5.89. The van der Waals surface area contributed by atoms with Crippen LogP contribution in [0.15, 0.2) is 21.9 Å². The first-order chi connectivity index (χ1) is 28.5. The third-order valence-corrected chi connectivity index (χ3v) is 12.8. The maximum atomic E-state index is 13.0. The Kier molecular flexibility index (Phi) is 18.0. The van der Waals surface area contributed by atoms with Crippen LogP contribution in [0.1, 0.15) is 20.1 Å². The molecule has 358 valence electrons. The number of phosphoric ester groups is 2. The molecule has 5 heterocycles. The molecule has 4 fully saturated rings. The topological polar surface area (TPSA) is 475 Å². The molecule has 32 heteroatoms. The van der Waals surface area contributed by atoms with Gasteiger partial charge >= 0.3 is 21.3 Å². The highest BCUT2D eigenvalue weighted by Gasteiger charge is 2.55. The lowest BCUT2D eigenvalue weighted by atomic mass is 9.90. The van der Waals surface area contributed by atoms with Crippen LogP contribution in [0.4, 0.5) is 0 Å². The van der Waals surface area contributed by atoms with Crippen LogP contribution in [0.3, 0.4) is 0 Å². The summed E-state index contributed by atoms with van der Waals surface area (Å²) in [5.74, 6) is -1.84. The predicted molar refractivity (Wildman–Crippen MR) is 192 cm³/mol. The number of amides is 1. The number of rotatable bonds is 16. The molecular formula is C30H51N3O27P2. The lowest BCUT2D eigenvalue weighted by Crippen LogP contribution is -2.68. The maximum absolute atomic E-state index is 13.0. The highest BCUT2D eigenvalue weighted by atomic mass is 31.3. The molecule has 16 N–H and O–H groups in total. The van der Waals surface area contributed by atoms with Gasteiger partial charge in [-0.1, -0.05) is 6.92 Å². The first-order valence-corrected chi connectivity index (χ1v) is 21.3. The zero-order chi connectivity index (χ0) is 45.3. The lowest BCUT2D eigenvalue weighted by molar-refractivity contribution is -0.371. The van der Waals surface area contributed by atoms with Crippen molar-refractivity contribution in [3.8, 4) is 0 Å². The van der Waals surface area contributed by atoms with Gasteiger partial charge in [-0.25, -0.2) is 13.9 Å². The van der Waals surface area contributed by atoms with Gasteiger partial charge in [0, 0.05) is 25.1 Å². The van der Waals surface area contributed by atoms with E-state index in [1.165, 1.54) is 6.92 Å². The second-order valence-electron chi connectivity index (χ2n) is 14.4. The summed E-state index contributed by atoms with van der Waals surface area (Å²) >= 11 is 0. The predicted octanol–water partition coefficient (Wildman–Crippen LogP) is -8.55. The van der Waals surface area contributed by atoms with Crippen molar-refractivity contribution in [2.24, 2.45) is 5.92 Å². The SMILES string of the molecule is CC(=O)NC1C(OP(=O)(O)OP(=O)(O)OC[C@H]2O[C@@H](n3ccc(=O)[nH]c3=O)[C@H](O)[C@@H]2O)OC(CO)C(O[C@@H]2OC(CO)C(OC3OC(CO)C(O)C(C)C3O)C(O)C2O)C1O.O. The van der Waals surface area contributed by atoms with Gasteiger partial charge in [-0.05, 0) is 0 Å². The van der Waals surface area contributed by atoms with E-state index < -0.39 is 176 Å². The Hall–Kier alpha value is -2.27. The number of phosphoric acid groups is 2. The molecule has 4 aliphatic rings. The Bertz CT molecular complexity index is 1860.